The Bertz CT molecular complexity index is 1280. The fourth-order valence-corrected chi connectivity index (χ4v) is 3.96. The van der Waals surface area contributed by atoms with Crippen LogP contribution >= 0.6 is 11.6 Å². The molecule has 0 spiro atoms. The summed E-state index contributed by atoms with van der Waals surface area (Å²) in [5, 5.41) is 7.42. The van der Waals surface area contributed by atoms with Crippen molar-refractivity contribution < 1.29 is 14.3 Å². The standard InChI is InChI=1S/C25H24ClN5O3/c1-17-21(23(26)31(29-17)15-18-9-5-3-6-10-18)25(33)34-16-20(32)28-22(19-11-7-4-8-12-19)24-27-13-14-30(24)2/h3-14,22H,15-16H2,1-2H3,(H,28,32). The van der Waals surface area contributed by atoms with Crippen molar-refractivity contribution in [3.63, 3.8) is 0 Å². The summed E-state index contributed by atoms with van der Waals surface area (Å²) in [6.07, 6.45) is 3.46. The van der Waals surface area contributed by atoms with E-state index in [1.807, 2.05) is 72.3 Å². The number of ether oxygens (including phenoxy) is 1. The van der Waals surface area contributed by atoms with Gasteiger partial charge < -0.3 is 14.6 Å². The van der Waals surface area contributed by atoms with Gasteiger partial charge in [0.15, 0.2) is 6.61 Å². The molecule has 1 amide bonds. The van der Waals surface area contributed by atoms with E-state index in [0.29, 0.717) is 18.1 Å². The molecule has 34 heavy (non-hydrogen) atoms. The van der Waals surface area contributed by atoms with Crippen molar-refractivity contribution in [2.45, 2.75) is 19.5 Å². The Hall–Kier alpha value is -3.91. The molecule has 0 aliphatic heterocycles. The number of carbonyl (C=O) groups is 2. The van der Waals surface area contributed by atoms with Crippen LogP contribution in [-0.2, 0) is 23.1 Å². The molecular weight excluding hydrogens is 454 g/mol. The molecule has 0 aliphatic carbocycles. The normalized spacial score (nSPS) is 11.7. The number of aryl methyl sites for hydroxylation is 2. The molecule has 1 unspecified atom stereocenters. The fraction of sp³-hybridized carbons (Fsp3) is 0.200. The van der Waals surface area contributed by atoms with Crippen LogP contribution < -0.4 is 5.32 Å². The third kappa shape index (κ3) is 5.18. The molecule has 2 aromatic heterocycles. The van der Waals surface area contributed by atoms with E-state index in [1.54, 1.807) is 19.3 Å². The lowest BCUT2D eigenvalue weighted by molar-refractivity contribution is -0.124. The highest BCUT2D eigenvalue weighted by molar-refractivity contribution is 6.32. The molecule has 1 N–H and O–H groups in total. The monoisotopic (exact) mass is 477 g/mol. The van der Waals surface area contributed by atoms with Crippen LogP contribution in [0.2, 0.25) is 5.15 Å². The first-order chi connectivity index (χ1) is 16.4. The quantitative estimate of drug-likeness (QED) is 0.391. The Labute approximate surface area is 202 Å². The summed E-state index contributed by atoms with van der Waals surface area (Å²) in [5.74, 6) is -0.507. The first-order valence-corrected chi connectivity index (χ1v) is 11.1. The Balaban J connectivity index is 1.43. The van der Waals surface area contributed by atoms with Crippen LogP contribution in [0.25, 0.3) is 0 Å². The minimum atomic E-state index is -0.704. The number of amides is 1. The van der Waals surface area contributed by atoms with Crippen molar-refractivity contribution in [2.24, 2.45) is 7.05 Å². The second-order valence-electron chi connectivity index (χ2n) is 7.78. The van der Waals surface area contributed by atoms with Gasteiger partial charge in [0.2, 0.25) is 0 Å². The summed E-state index contributed by atoms with van der Waals surface area (Å²) in [4.78, 5) is 29.8. The topological polar surface area (TPSA) is 91.0 Å². The van der Waals surface area contributed by atoms with Crippen molar-refractivity contribution in [1.82, 2.24) is 24.6 Å². The molecule has 0 saturated carbocycles. The van der Waals surface area contributed by atoms with Crippen LogP contribution in [0.1, 0.15) is 39.0 Å². The van der Waals surface area contributed by atoms with E-state index in [-0.39, 0.29) is 10.7 Å². The number of hydrogen-bond donors (Lipinski definition) is 1. The molecule has 174 valence electrons. The van der Waals surface area contributed by atoms with Crippen LogP contribution in [-0.4, -0.2) is 37.8 Å². The van der Waals surface area contributed by atoms with Gasteiger partial charge in [0.1, 0.15) is 22.6 Å². The SMILES string of the molecule is Cc1nn(Cc2ccccc2)c(Cl)c1C(=O)OCC(=O)NC(c1ccccc1)c1nccn1C. The average Bonchev–Trinajstić information content (AvgIpc) is 3.39. The summed E-state index contributed by atoms with van der Waals surface area (Å²) in [5.41, 5.74) is 2.43. The molecule has 2 heterocycles. The predicted octanol–water partition coefficient (Wildman–Crippen LogP) is 3.69. The van der Waals surface area contributed by atoms with E-state index >= 15 is 0 Å². The molecule has 8 nitrogen and oxygen atoms in total. The molecule has 0 bridgehead atoms. The molecule has 0 radical (unpaired) electrons. The van der Waals surface area contributed by atoms with Crippen LogP contribution in [0.15, 0.2) is 73.1 Å². The number of rotatable bonds is 8. The largest absolute Gasteiger partial charge is 0.452 e. The van der Waals surface area contributed by atoms with E-state index in [4.69, 9.17) is 16.3 Å². The maximum atomic E-state index is 12.7. The van der Waals surface area contributed by atoms with Crippen LogP contribution in [0.3, 0.4) is 0 Å². The average molecular weight is 478 g/mol. The molecule has 1 atom stereocenters. The van der Waals surface area contributed by atoms with E-state index in [2.05, 4.69) is 15.4 Å². The highest BCUT2D eigenvalue weighted by atomic mass is 35.5. The molecular formula is C25H24ClN5O3. The van der Waals surface area contributed by atoms with E-state index in [0.717, 1.165) is 11.1 Å². The summed E-state index contributed by atoms with van der Waals surface area (Å²) < 4.78 is 8.65. The van der Waals surface area contributed by atoms with Gasteiger partial charge in [-0.3, -0.25) is 4.79 Å². The van der Waals surface area contributed by atoms with Crippen molar-refractivity contribution in [2.75, 3.05) is 6.61 Å². The number of aromatic nitrogens is 4. The summed E-state index contributed by atoms with van der Waals surface area (Å²) >= 11 is 6.43. The van der Waals surface area contributed by atoms with Gasteiger partial charge in [0.25, 0.3) is 5.91 Å². The third-order valence-corrected chi connectivity index (χ3v) is 5.72. The highest BCUT2D eigenvalue weighted by Crippen LogP contribution is 2.23. The van der Waals surface area contributed by atoms with Gasteiger partial charge in [-0.05, 0) is 18.1 Å². The third-order valence-electron chi connectivity index (χ3n) is 5.33. The second-order valence-corrected chi connectivity index (χ2v) is 8.14. The molecule has 0 fully saturated rings. The number of esters is 1. The van der Waals surface area contributed by atoms with Crippen molar-refractivity contribution in [3.05, 3.63) is 106 Å². The Morgan fingerprint density at radius 3 is 2.41 bits per heavy atom. The van der Waals surface area contributed by atoms with Gasteiger partial charge in [-0.2, -0.15) is 5.10 Å². The maximum Gasteiger partial charge on any atom is 0.343 e. The van der Waals surface area contributed by atoms with Gasteiger partial charge in [-0.1, -0.05) is 72.3 Å². The van der Waals surface area contributed by atoms with E-state index < -0.39 is 24.5 Å². The zero-order chi connectivity index (χ0) is 24.1. The van der Waals surface area contributed by atoms with Gasteiger partial charge in [0, 0.05) is 19.4 Å². The molecule has 9 heteroatoms. The Kier molecular flexibility index (Phi) is 7.08. The Morgan fingerprint density at radius 1 is 1.09 bits per heavy atom. The summed E-state index contributed by atoms with van der Waals surface area (Å²) in [6, 6.07) is 18.6. The lowest BCUT2D eigenvalue weighted by Gasteiger charge is -2.19. The number of benzene rings is 2. The Morgan fingerprint density at radius 2 is 1.76 bits per heavy atom. The van der Waals surface area contributed by atoms with E-state index in [1.165, 1.54) is 4.68 Å². The molecule has 0 saturated heterocycles. The number of hydrogen-bond acceptors (Lipinski definition) is 5. The van der Waals surface area contributed by atoms with Gasteiger partial charge in [-0.25, -0.2) is 14.5 Å². The lowest BCUT2D eigenvalue weighted by Crippen LogP contribution is -2.34. The first-order valence-electron chi connectivity index (χ1n) is 10.7. The van der Waals surface area contributed by atoms with Crippen molar-refractivity contribution in [3.8, 4) is 0 Å². The van der Waals surface area contributed by atoms with Crippen LogP contribution in [0.5, 0.6) is 0 Å². The van der Waals surface area contributed by atoms with Crippen LogP contribution in [0.4, 0.5) is 0 Å². The molecule has 4 rings (SSSR count). The molecule has 2 aromatic carbocycles. The molecule has 4 aromatic rings. The maximum absolute atomic E-state index is 12.7. The zero-order valence-electron chi connectivity index (χ0n) is 18.8. The molecule has 0 aliphatic rings. The minimum Gasteiger partial charge on any atom is -0.452 e. The van der Waals surface area contributed by atoms with Crippen molar-refractivity contribution >= 4 is 23.5 Å². The number of nitrogens with one attached hydrogen (secondary N) is 1. The highest BCUT2D eigenvalue weighted by Gasteiger charge is 2.24. The zero-order valence-corrected chi connectivity index (χ0v) is 19.6. The second kappa shape index (κ2) is 10.4. The number of carbonyl (C=O) groups excluding carboxylic acids is 2. The van der Waals surface area contributed by atoms with Crippen molar-refractivity contribution in [1.29, 1.82) is 0 Å². The lowest BCUT2D eigenvalue weighted by atomic mass is 10.1. The van der Waals surface area contributed by atoms with Gasteiger partial charge in [-0.15, -0.1) is 0 Å². The minimum absolute atomic E-state index is 0.147. The van der Waals surface area contributed by atoms with Crippen LogP contribution in [0, 0.1) is 6.92 Å². The smallest absolute Gasteiger partial charge is 0.343 e. The predicted molar refractivity (Wildman–Crippen MR) is 127 cm³/mol. The summed E-state index contributed by atoms with van der Waals surface area (Å²) in [6.45, 7) is 1.62. The van der Waals surface area contributed by atoms with Gasteiger partial charge in [0.05, 0.1) is 12.2 Å². The fourth-order valence-electron chi connectivity index (χ4n) is 3.65. The number of imidazole rings is 1. The number of halogens is 1. The first kappa shape index (κ1) is 23.3. The van der Waals surface area contributed by atoms with Gasteiger partial charge >= 0.3 is 5.97 Å². The van der Waals surface area contributed by atoms with E-state index in [9.17, 15) is 9.59 Å². The number of nitrogens with zero attached hydrogens (tertiary/aromatic N) is 4. The summed E-state index contributed by atoms with van der Waals surface area (Å²) in [7, 11) is 1.85.